The molecule has 0 atom stereocenters. The first-order chi connectivity index (χ1) is 9.92. The Morgan fingerprint density at radius 3 is 2.67 bits per heavy atom. The number of benzene rings is 1. The number of allylic oxidation sites excluding steroid dienone is 1. The smallest absolute Gasteiger partial charge is 0.123 e. The second kappa shape index (κ2) is 8.83. The molecule has 0 heterocycles. The molecule has 0 aliphatic rings. The number of ether oxygens (including phenoxy) is 1. The van der Waals surface area contributed by atoms with Crippen molar-refractivity contribution < 1.29 is 9.13 Å². The summed E-state index contributed by atoms with van der Waals surface area (Å²) in [6.45, 7) is 11.3. The van der Waals surface area contributed by atoms with E-state index in [1.807, 2.05) is 6.08 Å². The highest BCUT2D eigenvalue weighted by atomic mass is 19.1. The quantitative estimate of drug-likeness (QED) is 0.519. The zero-order valence-corrected chi connectivity index (χ0v) is 13.5. The summed E-state index contributed by atoms with van der Waals surface area (Å²) < 4.78 is 19.2. The summed E-state index contributed by atoms with van der Waals surface area (Å²) in [4.78, 5) is 0. The molecule has 0 bridgehead atoms. The lowest BCUT2D eigenvalue weighted by atomic mass is 10.1. The van der Waals surface area contributed by atoms with Gasteiger partial charge in [-0.3, -0.25) is 0 Å². The summed E-state index contributed by atoms with van der Waals surface area (Å²) in [5.74, 6) is 0.552. The number of rotatable bonds is 9. The Bertz CT molecular complexity index is 437. The minimum absolute atomic E-state index is 0.00568. The van der Waals surface area contributed by atoms with E-state index in [2.05, 4.69) is 32.7 Å². The molecule has 1 rings (SSSR count). The molecule has 0 unspecified atom stereocenters. The fraction of sp³-hybridized carbons (Fsp3) is 0.556. The molecule has 3 heteroatoms. The van der Waals surface area contributed by atoms with Gasteiger partial charge in [-0.15, -0.1) is 6.58 Å². The minimum atomic E-state index is -0.223. The Kier molecular flexibility index (Phi) is 7.44. The van der Waals surface area contributed by atoms with E-state index in [4.69, 9.17) is 4.74 Å². The van der Waals surface area contributed by atoms with E-state index < -0.39 is 0 Å². The summed E-state index contributed by atoms with van der Waals surface area (Å²) in [6.07, 6.45) is 6.28. The number of nitrogens with one attached hydrogen (secondary N) is 1. The van der Waals surface area contributed by atoms with Gasteiger partial charge in [0.05, 0.1) is 6.61 Å². The molecule has 0 radical (unpaired) electrons. The molecule has 0 fully saturated rings. The van der Waals surface area contributed by atoms with E-state index in [1.54, 1.807) is 12.1 Å². The van der Waals surface area contributed by atoms with E-state index >= 15 is 0 Å². The largest absolute Gasteiger partial charge is 0.493 e. The van der Waals surface area contributed by atoms with Gasteiger partial charge in [-0.1, -0.05) is 6.08 Å². The molecule has 0 aromatic heterocycles. The van der Waals surface area contributed by atoms with Crippen molar-refractivity contribution in [1.82, 2.24) is 5.32 Å². The van der Waals surface area contributed by atoms with Crippen LogP contribution in [0, 0.1) is 5.82 Å². The van der Waals surface area contributed by atoms with Gasteiger partial charge in [0.25, 0.3) is 0 Å². The SMILES string of the molecule is C=CCCCCCOc1ccc(F)cc1CNC(C)(C)C. The Balaban J connectivity index is 2.50. The minimum Gasteiger partial charge on any atom is -0.493 e. The topological polar surface area (TPSA) is 21.3 Å². The molecule has 21 heavy (non-hydrogen) atoms. The zero-order valence-electron chi connectivity index (χ0n) is 13.5. The van der Waals surface area contributed by atoms with Gasteiger partial charge in [-0.25, -0.2) is 4.39 Å². The molecule has 0 aliphatic carbocycles. The highest BCUT2D eigenvalue weighted by molar-refractivity contribution is 5.34. The lowest BCUT2D eigenvalue weighted by Crippen LogP contribution is -2.35. The summed E-state index contributed by atoms with van der Waals surface area (Å²) >= 11 is 0. The Labute approximate surface area is 128 Å². The van der Waals surface area contributed by atoms with Crippen molar-refractivity contribution in [2.24, 2.45) is 0 Å². The maximum absolute atomic E-state index is 13.4. The number of halogens is 1. The molecule has 0 saturated carbocycles. The van der Waals surface area contributed by atoms with Crippen LogP contribution in [-0.4, -0.2) is 12.1 Å². The van der Waals surface area contributed by atoms with Crippen LogP contribution >= 0.6 is 0 Å². The van der Waals surface area contributed by atoms with Crippen molar-refractivity contribution in [3.63, 3.8) is 0 Å². The van der Waals surface area contributed by atoms with Crippen LogP contribution in [0.4, 0.5) is 4.39 Å². The fourth-order valence-corrected chi connectivity index (χ4v) is 1.94. The number of unbranched alkanes of at least 4 members (excludes halogenated alkanes) is 3. The summed E-state index contributed by atoms with van der Waals surface area (Å²) in [7, 11) is 0. The third-order valence-electron chi connectivity index (χ3n) is 3.14. The van der Waals surface area contributed by atoms with Crippen molar-refractivity contribution in [2.75, 3.05) is 6.61 Å². The predicted molar refractivity (Wildman–Crippen MR) is 87.2 cm³/mol. The zero-order chi connectivity index (χ0) is 15.7. The van der Waals surface area contributed by atoms with Crippen LogP contribution in [0.15, 0.2) is 30.9 Å². The second-order valence-corrected chi connectivity index (χ2v) is 6.34. The van der Waals surface area contributed by atoms with Crippen LogP contribution < -0.4 is 10.1 Å². The Morgan fingerprint density at radius 1 is 1.24 bits per heavy atom. The van der Waals surface area contributed by atoms with Gasteiger partial charge in [-0.2, -0.15) is 0 Å². The van der Waals surface area contributed by atoms with Crippen LogP contribution in [-0.2, 0) is 6.54 Å². The van der Waals surface area contributed by atoms with Gasteiger partial charge in [-0.05, 0) is 64.7 Å². The standard InChI is InChI=1S/C18H28FNO/c1-5-6-7-8-9-12-21-17-11-10-16(19)13-15(17)14-20-18(2,3)4/h5,10-11,13,20H,1,6-9,12,14H2,2-4H3. The molecule has 0 saturated heterocycles. The summed E-state index contributed by atoms with van der Waals surface area (Å²) in [5.41, 5.74) is 0.866. The highest BCUT2D eigenvalue weighted by Crippen LogP contribution is 2.21. The van der Waals surface area contributed by atoms with E-state index in [0.717, 1.165) is 37.0 Å². The molecule has 0 spiro atoms. The maximum Gasteiger partial charge on any atom is 0.123 e. The van der Waals surface area contributed by atoms with E-state index in [1.165, 1.54) is 6.07 Å². The van der Waals surface area contributed by atoms with Crippen molar-refractivity contribution >= 4 is 0 Å². The van der Waals surface area contributed by atoms with Crippen molar-refractivity contribution in [1.29, 1.82) is 0 Å². The van der Waals surface area contributed by atoms with Crippen LogP contribution in [0.3, 0.4) is 0 Å². The first kappa shape index (κ1) is 17.7. The molecule has 1 aromatic carbocycles. The first-order valence-corrected chi connectivity index (χ1v) is 7.69. The molecule has 1 N–H and O–H groups in total. The van der Waals surface area contributed by atoms with Gasteiger partial charge in [0, 0.05) is 17.6 Å². The number of hydrogen-bond acceptors (Lipinski definition) is 2. The Hall–Kier alpha value is -1.35. The van der Waals surface area contributed by atoms with Crippen LogP contribution in [0.1, 0.15) is 52.0 Å². The fourth-order valence-electron chi connectivity index (χ4n) is 1.94. The van der Waals surface area contributed by atoms with Crippen molar-refractivity contribution in [3.05, 3.63) is 42.2 Å². The van der Waals surface area contributed by atoms with Gasteiger partial charge in [0.1, 0.15) is 11.6 Å². The van der Waals surface area contributed by atoms with Crippen LogP contribution in [0.2, 0.25) is 0 Å². The molecule has 0 amide bonds. The molecule has 0 aliphatic heterocycles. The monoisotopic (exact) mass is 293 g/mol. The van der Waals surface area contributed by atoms with Gasteiger partial charge in [0.15, 0.2) is 0 Å². The van der Waals surface area contributed by atoms with E-state index in [0.29, 0.717) is 13.2 Å². The lowest BCUT2D eigenvalue weighted by molar-refractivity contribution is 0.299. The molecular weight excluding hydrogens is 265 g/mol. The molecule has 2 nitrogen and oxygen atoms in total. The van der Waals surface area contributed by atoms with E-state index in [9.17, 15) is 4.39 Å². The maximum atomic E-state index is 13.4. The van der Waals surface area contributed by atoms with Crippen molar-refractivity contribution in [3.8, 4) is 5.75 Å². The lowest BCUT2D eigenvalue weighted by Gasteiger charge is -2.21. The Morgan fingerprint density at radius 2 is 2.00 bits per heavy atom. The highest BCUT2D eigenvalue weighted by Gasteiger charge is 2.11. The summed E-state index contributed by atoms with van der Waals surface area (Å²) in [5, 5.41) is 3.37. The first-order valence-electron chi connectivity index (χ1n) is 7.69. The van der Waals surface area contributed by atoms with E-state index in [-0.39, 0.29) is 11.4 Å². The van der Waals surface area contributed by atoms with Crippen LogP contribution in [0.5, 0.6) is 5.75 Å². The van der Waals surface area contributed by atoms with Crippen LogP contribution in [0.25, 0.3) is 0 Å². The number of hydrogen-bond donors (Lipinski definition) is 1. The van der Waals surface area contributed by atoms with Gasteiger partial charge >= 0.3 is 0 Å². The van der Waals surface area contributed by atoms with Gasteiger partial charge < -0.3 is 10.1 Å². The predicted octanol–water partition coefficient (Wildman–Crippen LogP) is 4.84. The average Bonchev–Trinajstić information content (AvgIpc) is 2.41. The third-order valence-corrected chi connectivity index (χ3v) is 3.14. The van der Waals surface area contributed by atoms with Crippen molar-refractivity contribution in [2.45, 2.75) is 58.5 Å². The summed E-state index contributed by atoms with van der Waals surface area (Å²) in [6, 6.07) is 4.72. The normalized spacial score (nSPS) is 11.4. The van der Waals surface area contributed by atoms with Gasteiger partial charge in [0.2, 0.25) is 0 Å². The third kappa shape index (κ3) is 7.86. The second-order valence-electron chi connectivity index (χ2n) is 6.34. The molecular formula is C18H28FNO. The molecule has 1 aromatic rings. The average molecular weight is 293 g/mol. The molecule has 118 valence electrons.